The molecule has 112 valence electrons. The third-order valence-electron chi connectivity index (χ3n) is 4.21. The molecule has 2 heterocycles. The van der Waals surface area contributed by atoms with Gasteiger partial charge in [-0.15, -0.1) is 0 Å². The molecular formula is C16H23N5. The molecule has 1 saturated heterocycles. The highest BCUT2D eigenvalue weighted by Gasteiger charge is 2.17. The predicted molar refractivity (Wildman–Crippen MR) is 86.4 cm³/mol. The molecule has 3 rings (SSSR count). The molecule has 0 spiro atoms. The standard InChI is InChI=1S/C16H23N5/c1-19-15(5-7-18-19)6-8-20-9-11-21(12-10-20)16-4-2-3-14(17)13-16/h2-5,7,13H,6,8-12,17H2,1H3. The van der Waals surface area contributed by atoms with Gasteiger partial charge in [0.1, 0.15) is 0 Å². The molecule has 0 atom stereocenters. The van der Waals surface area contributed by atoms with Crippen molar-refractivity contribution in [1.82, 2.24) is 14.7 Å². The fourth-order valence-corrected chi connectivity index (χ4v) is 2.87. The third kappa shape index (κ3) is 3.36. The minimum atomic E-state index is 0.839. The summed E-state index contributed by atoms with van der Waals surface area (Å²) in [6.07, 6.45) is 2.93. The molecule has 21 heavy (non-hydrogen) atoms. The van der Waals surface area contributed by atoms with Gasteiger partial charge in [0.15, 0.2) is 0 Å². The Labute approximate surface area is 126 Å². The molecule has 1 aliphatic heterocycles. The number of aryl methyl sites for hydroxylation is 1. The van der Waals surface area contributed by atoms with E-state index in [2.05, 4.69) is 33.1 Å². The number of nitrogens with two attached hydrogens (primary N) is 1. The molecule has 5 heteroatoms. The number of benzene rings is 1. The van der Waals surface area contributed by atoms with Gasteiger partial charge in [0.2, 0.25) is 0 Å². The smallest absolute Gasteiger partial charge is 0.0492 e. The van der Waals surface area contributed by atoms with Gasteiger partial charge in [-0.05, 0) is 24.3 Å². The van der Waals surface area contributed by atoms with Crippen LogP contribution in [0.2, 0.25) is 0 Å². The zero-order valence-electron chi connectivity index (χ0n) is 12.6. The lowest BCUT2D eigenvalue weighted by Crippen LogP contribution is -2.47. The van der Waals surface area contributed by atoms with Gasteiger partial charge >= 0.3 is 0 Å². The van der Waals surface area contributed by atoms with Crippen molar-refractivity contribution in [3.05, 3.63) is 42.2 Å². The first-order valence-corrected chi connectivity index (χ1v) is 7.52. The summed E-state index contributed by atoms with van der Waals surface area (Å²) in [5.41, 5.74) is 9.24. The van der Waals surface area contributed by atoms with Crippen molar-refractivity contribution >= 4 is 11.4 Å². The molecule has 2 aromatic rings. The number of rotatable bonds is 4. The van der Waals surface area contributed by atoms with Crippen LogP contribution in [0.5, 0.6) is 0 Å². The van der Waals surface area contributed by atoms with E-state index in [1.54, 1.807) is 0 Å². The van der Waals surface area contributed by atoms with Gasteiger partial charge in [-0.3, -0.25) is 9.58 Å². The van der Waals surface area contributed by atoms with Crippen molar-refractivity contribution in [3.63, 3.8) is 0 Å². The molecule has 0 aliphatic carbocycles. The van der Waals surface area contributed by atoms with E-state index < -0.39 is 0 Å². The summed E-state index contributed by atoms with van der Waals surface area (Å²) < 4.78 is 1.96. The first-order chi connectivity index (χ1) is 10.2. The number of nitrogens with zero attached hydrogens (tertiary/aromatic N) is 4. The number of anilines is 2. The van der Waals surface area contributed by atoms with Crippen molar-refractivity contribution < 1.29 is 0 Å². The molecule has 0 amide bonds. The quantitative estimate of drug-likeness (QED) is 0.862. The summed E-state index contributed by atoms with van der Waals surface area (Å²) in [5.74, 6) is 0. The topological polar surface area (TPSA) is 50.3 Å². The van der Waals surface area contributed by atoms with Crippen LogP contribution in [0.25, 0.3) is 0 Å². The fourth-order valence-electron chi connectivity index (χ4n) is 2.87. The van der Waals surface area contributed by atoms with E-state index in [4.69, 9.17) is 5.73 Å². The molecule has 0 unspecified atom stereocenters. The van der Waals surface area contributed by atoms with Gasteiger partial charge < -0.3 is 10.6 Å². The molecule has 1 aliphatic rings. The van der Waals surface area contributed by atoms with Gasteiger partial charge in [0.05, 0.1) is 0 Å². The molecule has 0 radical (unpaired) electrons. The van der Waals surface area contributed by atoms with Gasteiger partial charge in [-0.1, -0.05) is 6.07 Å². The van der Waals surface area contributed by atoms with E-state index in [1.807, 2.05) is 30.1 Å². The van der Waals surface area contributed by atoms with E-state index in [0.29, 0.717) is 0 Å². The molecule has 5 nitrogen and oxygen atoms in total. The average Bonchev–Trinajstić information content (AvgIpc) is 2.91. The molecule has 1 aromatic heterocycles. The second-order valence-corrected chi connectivity index (χ2v) is 5.62. The van der Waals surface area contributed by atoms with Crippen LogP contribution in [-0.2, 0) is 13.5 Å². The summed E-state index contributed by atoms with van der Waals surface area (Å²) in [6.45, 7) is 5.44. The molecule has 0 saturated carbocycles. The Morgan fingerprint density at radius 2 is 1.95 bits per heavy atom. The molecule has 1 fully saturated rings. The van der Waals surface area contributed by atoms with E-state index in [0.717, 1.165) is 44.8 Å². The van der Waals surface area contributed by atoms with E-state index in [9.17, 15) is 0 Å². The van der Waals surface area contributed by atoms with Crippen molar-refractivity contribution in [2.45, 2.75) is 6.42 Å². The molecule has 0 bridgehead atoms. The van der Waals surface area contributed by atoms with Crippen LogP contribution < -0.4 is 10.6 Å². The second-order valence-electron chi connectivity index (χ2n) is 5.62. The van der Waals surface area contributed by atoms with Gasteiger partial charge in [0, 0.05) is 69.5 Å². The lowest BCUT2D eigenvalue weighted by molar-refractivity contribution is 0.259. The predicted octanol–water partition coefficient (Wildman–Crippen LogP) is 1.37. The van der Waals surface area contributed by atoms with Crippen LogP contribution in [0.3, 0.4) is 0 Å². The van der Waals surface area contributed by atoms with Gasteiger partial charge in [-0.25, -0.2) is 0 Å². The summed E-state index contributed by atoms with van der Waals surface area (Å²) in [6, 6.07) is 10.3. The molecule has 2 N–H and O–H groups in total. The highest BCUT2D eigenvalue weighted by atomic mass is 15.3. The van der Waals surface area contributed by atoms with Crippen LogP contribution in [-0.4, -0.2) is 47.4 Å². The zero-order valence-corrected chi connectivity index (χ0v) is 12.6. The van der Waals surface area contributed by atoms with E-state index in [1.165, 1.54) is 11.4 Å². The maximum absolute atomic E-state index is 5.86. The summed E-state index contributed by atoms with van der Waals surface area (Å²) in [4.78, 5) is 4.94. The lowest BCUT2D eigenvalue weighted by Gasteiger charge is -2.36. The SMILES string of the molecule is Cn1nccc1CCN1CCN(c2cccc(N)c2)CC1. The summed E-state index contributed by atoms with van der Waals surface area (Å²) >= 11 is 0. The minimum absolute atomic E-state index is 0.839. The number of hydrogen-bond donors (Lipinski definition) is 1. The molecule has 1 aromatic carbocycles. The number of aromatic nitrogens is 2. The van der Waals surface area contributed by atoms with Crippen LogP contribution >= 0.6 is 0 Å². The first-order valence-electron chi connectivity index (χ1n) is 7.52. The highest BCUT2D eigenvalue weighted by molar-refractivity contribution is 5.56. The Balaban J connectivity index is 1.50. The fraction of sp³-hybridized carbons (Fsp3) is 0.438. The van der Waals surface area contributed by atoms with E-state index >= 15 is 0 Å². The average molecular weight is 285 g/mol. The highest BCUT2D eigenvalue weighted by Crippen LogP contribution is 2.19. The van der Waals surface area contributed by atoms with Gasteiger partial charge in [-0.2, -0.15) is 5.10 Å². The van der Waals surface area contributed by atoms with Crippen molar-refractivity contribution in [2.24, 2.45) is 7.05 Å². The minimum Gasteiger partial charge on any atom is -0.399 e. The Morgan fingerprint density at radius 1 is 1.14 bits per heavy atom. The monoisotopic (exact) mass is 285 g/mol. The second kappa shape index (κ2) is 6.18. The van der Waals surface area contributed by atoms with Crippen LogP contribution in [0.15, 0.2) is 36.5 Å². The summed E-state index contributed by atoms with van der Waals surface area (Å²) in [5, 5.41) is 4.22. The van der Waals surface area contributed by atoms with Crippen LogP contribution in [0.1, 0.15) is 5.69 Å². The number of piperazine rings is 1. The van der Waals surface area contributed by atoms with Crippen molar-refractivity contribution in [2.75, 3.05) is 43.4 Å². The summed E-state index contributed by atoms with van der Waals surface area (Å²) in [7, 11) is 2.01. The molecular weight excluding hydrogens is 262 g/mol. The number of hydrogen-bond acceptors (Lipinski definition) is 4. The van der Waals surface area contributed by atoms with E-state index in [-0.39, 0.29) is 0 Å². The van der Waals surface area contributed by atoms with Crippen LogP contribution in [0.4, 0.5) is 11.4 Å². The third-order valence-corrected chi connectivity index (χ3v) is 4.21. The Kier molecular flexibility index (Phi) is 4.10. The lowest BCUT2D eigenvalue weighted by atomic mass is 10.2. The Bertz CT molecular complexity index is 584. The van der Waals surface area contributed by atoms with Crippen molar-refractivity contribution in [1.29, 1.82) is 0 Å². The normalized spacial score (nSPS) is 16.3. The van der Waals surface area contributed by atoms with Gasteiger partial charge in [0.25, 0.3) is 0 Å². The number of nitrogen functional groups attached to an aromatic ring is 1. The Morgan fingerprint density at radius 3 is 2.62 bits per heavy atom. The van der Waals surface area contributed by atoms with Crippen molar-refractivity contribution in [3.8, 4) is 0 Å². The maximum Gasteiger partial charge on any atom is 0.0492 e. The van der Waals surface area contributed by atoms with Crippen LogP contribution in [0, 0.1) is 0 Å². The first kappa shape index (κ1) is 13.9. The largest absolute Gasteiger partial charge is 0.399 e. The zero-order chi connectivity index (χ0) is 14.7. The Hall–Kier alpha value is -2.01. The maximum atomic E-state index is 5.86.